The largest absolute Gasteiger partial charge is 0.479 e. The second-order valence-electron chi connectivity index (χ2n) is 5.55. The maximum Gasteiger partial charge on any atom is 0.335 e. The molecule has 2 rings (SSSR count). The van der Waals surface area contributed by atoms with Crippen LogP contribution in [-0.2, 0) is 19.0 Å². The maximum atomic E-state index is 11.0. The molecule has 0 unspecified atom stereocenters. The highest BCUT2D eigenvalue weighted by Crippen LogP contribution is 2.28. The molecular weight excluding hydrogens is 320 g/mol. The molecule has 2 saturated heterocycles. The van der Waals surface area contributed by atoms with Crippen molar-refractivity contribution >= 4 is 5.97 Å². The highest BCUT2D eigenvalue weighted by molar-refractivity contribution is 5.73. The third-order valence-electron chi connectivity index (χ3n) is 3.90. The van der Waals surface area contributed by atoms with Crippen molar-refractivity contribution in [1.82, 2.24) is 0 Å². The zero-order valence-electron chi connectivity index (χ0n) is 12.0. The summed E-state index contributed by atoms with van der Waals surface area (Å²) in [7, 11) is 0. The topological polar surface area (TPSA) is 186 Å². The van der Waals surface area contributed by atoms with Gasteiger partial charge in [-0.2, -0.15) is 0 Å². The van der Waals surface area contributed by atoms with Gasteiger partial charge in [-0.1, -0.05) is 0 Å². The molecule has 7 N–H and O–H groups in total. The molecule has 0 bridgehead atoms. The normalized spacial score (nSPS) is 51.4. The first-order chi connectivity index (χ1) is 10.6. The fraction of sp³-hybridized carbons (Fsp3) is 0.917. The molecule has 0 radical (unpaired) electrons. The molecule has 0 spiro atoms. The first-order valence-corrected chi connectivity index (χ1v) is 6.92. The van der Waals surface area contributed by atoms with Crippen LogP contribution in [0.4, 0.5) is 0 Å². The molecule has 134 valence electrons. The molecule has 23 heavy (non-hydrogen) atoms. The molecule has 0 aromatic rings. The summed E-state index contributed by atoms with van der Waals surface area (Å²) in [5, 5.41) is 66.9. The lowest BCUT2D eigenvalue weighted by Crippen LogP contribution is -2.64. The quantitative estimate of drug-likeness (QED) is 0.263. The van der Waals surface area contributed by atoms with Crippen molar-refractivity contribution in [3.05, 3.63) is 0 Å². The third-order valence-corrected chi connectivity index (χ3v) is 3.90. The van der Waals surface area contributed by atoms with E-state index in [1.54, 1.807) is 0 Å². The molecule has 11 nitrogen and oxygen atoms in total. The minimum atomic E-state index is -1.88. The smallest absolute Gasteiger partial charge is 0.335 e. The highest BCUT2D eigenvalue weighted by Gasteiger charge is 2.51. The molecule has 0 aliphatic carbocycles. The monoisotopic (exact) mass is 340 g/mol. The summed E-state index contributed by atoms with van der Waals surface area (Å²) in [5.41, 5.74) is 0. The molecule has 2 heterocycles. The molecule has 0 saturated carbocycles. The van der Waals surface area contributed by atoms with E-state index >= 15 is 0 Å². The van der Waals surface area contributed by atoms with E-state index in [4.69, 9.17) is 19.3 Å². The maximum absolute atomic E-state index is 11.0. The van der Waals surface area contributed by atoms with Crippen LogP contribution in [0.2, 0.25) is 0 Å². The Morgan fingerprint density at radius 1 is 0.870 bits per heavy atom. The van der Waals surface area contributed by atoms with E-state index < -0.39 is 67.4 Å². The van der Waals surface area contributed by atoms with E-state index in [2.05, 4.69) is 0 Å². The number of carboxylic acids is 1. The molecule has 0 amide bonds. The molecule has 2 aliphatic rings. The second kappa shape index (κ2) is 6.93. The van der Waals surface area contributed by atoms with Gasteiger partial charge in [0.2, 0.25) is 0 Å². The molecule has 0 aromatic heterocycles. The van der Waals surface area contributed by atoms with E-state index in [-0.39, 0.29) is 0 Å². The summed E-state index contributed by atoms with van der Waals surface area (Å²) >= 11 is 0. The van der Waals surface area contributed by atoms with Gasteiger partial charge in [0, 0.05) is 0 Å². The van der Waals surface area contributed by atoms with Gasteiger partial charge in [-0.15, -0.1) is 0 Å². The Labute approximate surface area is 130 Å². The summed E-state index contributed by atoms with van der Waals surface area (Å²) < 4.78 is 15.1. The van der Waals surface area contributed by atoms with Crippen LogP contribution in [0.3, 0.4) is 0 Å². The molecule has 0 aromatic carbocycles. The predicted octanol–water partition coefficient (Wildman–Crippen LogP) is -4.28. The predicted molar refractivity (Wildman–Crippen MR) is 67.8 cm³/mol. The number of carbonyl (C=O) groups is 1. The molecule has 2 aliphatic heterocycles. The second-order valence-corrected chi connectivity index (χ2v) is 5.55. The van der Waals surface area contributed by atoms with Gasteiger partial charge in [0.05, 0.1) is 6.10 Å². The lowest BCUT2D eigenvalue weighted by Gasteiger charge is -2.44. The minimum absolute atomic E-state index is 0.938. The Morgan fingerprint density at radius 3 is 2.04 bits per heavy atom. The van der Waals surface area contributed by atoms with Crippen LogP contribution in [0.25, 0.3) is 0 Å². The number of hydrogen-bond donors (Lipinski definition) is 7. The first kappa shape index (κ1) is 18.4. The number of hydrogen-bond acceptors (Lipinski definition) is 10. The van der Waals surface area contributed by atoms with Gasteiger partial charge in [-0.3, -0.25) is 0 Å². The van der Waals surface area contributed by atoms with Crippen LogP contribution in [0.5, 0.6) is 0 Å². The number of aliphatic carboxylic acids is 1. The van der Waals surface area contributed by atoms with E-state index in [1.807, 2.05) is 0 Å². The van der Waals surface area contributed by atoms with Crippen molar-refractivity contribution in [3.8, 4) is 0 Å². The lowest BCUT2D eigenvalue weighted by molar-refractivity contribution is -0.347. The van der Waals surface area contributed by atoms with E-state index in [1.165, 1.54) is 6.92 Å². The third kappa shape index (κ3) is 3.47. The van der Waals surface area contributed by atoms with Crippen molar-refractivity contribution < 1.29 is 54.8 Å². The molecule has 11 heteroatoms. The Bertz CT molecular complexity index is 431. The Hall–Kier alpha value is -0.890. The summed E-state index contributed by atoms with van der Waals surface area (Å²) in [6.45, 7) is 1.40. The number of rotatable bonds is 3. The van der Waals surface area contributed by atoms with Gasteiger partial charge in [-0.05, 0) is 6.92 Å². The SMILES string of the molecule is C[C@@H]1O[C@H](O)[C@@H](O)[C@H](O)[C@@H]1O[C@@H]1O[C@H](C(=O)O)[C@@H](O)[C@H](O)[C@H]1O. The standard InChI is InChI=1S/C12H20O11/c1-2-8(5(15)6(16)11(20)21-2)22-12-7(17)3(13)4(14)9(23-12)10(18)19/h2-9,11-17,20H,1H3,(H,18,19)/t2-,3-,4-,5-,6-,7+,8+,9-,11-,12+/m0/s1. The Kier molecular flexibility index (Phi) is 5.56. The van der Waals surface area contributed by atoms with Crippen molar-refractivity contribution in [1.29, 1.82) is 0 Å². The molecule has 10 atom stereocenters. The van der Waals surface area contributed by atoms with Gasteiger partial charge in [0.25, 0.3) is 0 Å². The van der Waals surface area contributed by atoms with Crippen molar-refractivity contribution in [2.45, 2.75) is 68.3 Å². The fourth-order valence-corrected chi connectivity index (χ4v) is 2.53. The zero-order chi connectivity index (χ0) is 17.5. The van der Waals surface area contributed by atoms with E-state index in [9.17, 15) is 35.4 Å². The summed E-state index contributed by atoms with van der Waals surface area (Å²) in [6.07, 6.45) is -16.3. The molecular formula is C12H20O11. The Morgan fingerprint density at radius 2 is 1.48 bits per heavy atom. The van der Waals surface area contributed by atoms with Crippen LogP contribution >= 0.6 is 0 Å². The van der Waals surface area contributed by atoms with Crippen LogP contribution < -0.4 is 0 Å². The summed E-state index contributed by atoms with van der Waals surface area (Å²) in [6, 6.07) is 0. The Balaban J connectivity index is 2.12. The van der Waals surface area contributed by atoms with Crippen molar-refractivity contribution in [2.75, 3.05) is 0 Å². The van der Waals surface area contributed by atoms with Gasteiger partial charge in [0.1, 0.15) is 36.6 Å². The number of ether oxygens (including phenoxy) is 3. The zero-order valence-corrected chi connectivity index (χ0v) is 12.0. The molecule has 2 fully saturated rings. The number of carboxylic acid groups (broad SMARTS) is 1. The average Bonchev–Trinajstić information content (AvgIpc) is 2.48. The van der Waals surface area contributed by atoms with Gasteiger partial charge < -0.3 is 50.0 Å². The van der Waals surface area contributed by atoms with E-state index in [0.29, 0.717) is 0 Å². The van der Waals surface area contributed by atoms with Crippen molar-refractivity contribution in [2.24, 2.45) is 0 Å². The summed E-state index contributed by atoms with van der Waals surface area (Å²) in [5.74, 6) is -1.58. The summed E-state index contributed by atoms with van der Waals surface area (Å²) in [4.78, 5) is 11.0. The highest BCUT2D eigenvalue weighted by atomic mass is 16.7. The number of aliphatic hydroxyl groups is 6. The number of aliphatic hydroxyl groups excluding tert-OH is 6. The van der Waals surface area contributed by atoms with E-state index in [0.717, 1.165) is 0 Å². The van der Waals surface area contributed by atoms with Crippen LogP contribution in [0.15, 0.2) is 0 Å². The van der Waals surface area contributed by atoms with Gasteiger partial charge in [-0.25, -0.2) is 4.79 Å². The van der Waals surface area contributed by atoms with Gasteiger partial charge in [0.15, 0.2) is 18.7 Å². The van der Waals surface area contributed by atoms with Crippen LogP contribution in [0.1, 0.15) is 6.92 Å². The van der Waals surface area contributed by atoms with Crippen LogP contribution in [0, 0.1) is 0 Å². The first-order valence-electron chi connectivity index (χ1n) is 6.92. The van der Waals surface area contributed by atoms with Crippen LogP contribution in [-0.4, -0.2) is 103 Å². The van der Waals surface area contributed by atoms with Crippen molar-refractivity contribution in [3.63, 3.8) is 0 Å². The fourth-order valence-electron chi connectivity index (χ4n) is 2.53. The minimum Gasteiger partial charge on any atom is -0.479 e. The average molecular weight is 340 g/mol. The lowest BCUT2D eigenvalue weighted by atomic mass is 9.97. The van der Waals surface area contributed by atoms with Gasteiger partial charge >= 0.3 is 5.97 Å².